The molecule has 1 heterocycles. The molecule has 0 aliphatic rings. The lowest BCUT2D eigenvalue weighted by molar-refractivity contribution is 1.15. The fourth-order valence-electron chi connectivity index (χ4n) is 0.715. The van der Waals surface area contributed by atoms with Gasteiger partial charge in [-0.15, -0.1) is 0 Å². The van der Waals surface area contributed by atoms with Gasteiger partial charge in [0.2, 0.25) is 5.95 Å². The van der Waals surface area contributed by atoms with Gasteiger partial charge in [-0.1, -0.05) is 13.2 Å². The topological polar surface area (TPSA) is 51.8 Å². The first-order valence-corrected chi connectivity index (χ1v) is 3.15. The molecule has 0 aliphatic carbocycles. The maximum absolute atomic E-state index is 5.39. The molecule has 2 N–H and O–H groups in total. The van der Waals surface area contributed by atoms with E-state index in [1.54, 1.807) is 18.2 Å². The van der Waals surface area contributed by atoms with E-state index in [1.165, 1.54) is 0 Å². The molecular weight excluding hydrogens is 138 g/mol. The summed E-state index contributed by atoms with van der Waals surface area (Å²) < 4.78 is 0. The van der Waals surface area contributed by atoms with Crippen LogP contribution in [0.15, 0.2) is 19.2 Å². The van der Waals surface area contributed by atoms with Crippen LogP contribution in [0.25, 0.3) is 12.2 Å². The summed E-state index contributed by atoms with van der Waals surface area (Å²) in [6.45, 7) is 7.13. The van der Waals surface area contributed by atoms with Crippen molar-refractivity contribution < 1.29 is 0 Å². The minimum absolute atomic E-state index is 0.248. The normalized spacial score (nSPS) is 9.09. The van der Waals surface area contributed by atoms with Crippen molar-refractivity contribution in [2.24, 2.45) is 0 Å². The molecule has 0 fully saturated rings. The summed E-state index contributed by atoms with van der Waals surface area (Å²) in [7, 11) is 0. The van der Waals surface area contributed by atoms with Crippen LogP contribution >= 0.6 is 0 Å². The predicted octanol–water partition coefficient (Wildman–Crippen LogP) is 1.34. The van der Waals surface area contributed by atoms with Crippen LogP contribution in [-0.4, -0.2) is 9.97 Å². The number of hydrogen-bond donors (Lipinski definition) is 1. The molecule has 0 spiro atoms. The van der Waals surface area contributed by atoms with E-state index in [0.29, 0.717) is 11.4 Å². The van der Waals surface area contributed by atoms with Gasteiger partial charge in [0.05, 0.1) is 11.4 Å². The summed E-state index contributed by atoms with van der Waals surface area (Å²) in [6, 6.07) is 1.76. The zero-order valence-electron chi connectivity index (χ0n) is 6.12. The van der Waals surface area contributed by atoms with Crippen molar-refractivity contribution in [3.8, 4) is 0 Å². The second kappa shape index (κ2) is 2.96. The lowest BCUT2D eigenvalue weighted by Crippen LogP contribution is -1.97. The summed E-state index contributed by atoms with van der Waals surface area (Å²) in [5, 5.41) is 0. The number of nitrogens with two attached hydrogens (primary N) is 1. The molecule has 1 aromatic rings. The van der Waals surface area contributed by atoms with Gasteiger partial charge in [0.15, 0.2) is 0 Å². The maximum atomic E-state index is 5.39. The smallest absolute Gasteiger partial charge is 0.221 e. The highest BCUT2D eigenvalue weighted by molar-refractivity contribution is 5.51. The van der Waals surface area contributed by atoms with Crippen molar-refractivity contribution in [3.63, 3.8) is 0 Å². The third-order valence-electron chi connectivity index (χ3n) is 1.20. The lowest BCUT2D eigenvalue weighted by atomic mass is 10.3. The van der Waals surface area contributed by atoms with E-state index >= 15 is 0 Å². The van der Waals surface area contributed by atoms with Crippen LogP contribution in [-0.2, 0) is 0 Å². The Bertz CT molecular complexity index is 265. The summed E-state index contributed by atoms with van der Waals surface area (Å²) >= 11 is 0. The van der Waals surface area contributed by atoms with Gasteiger partial charge in [-0.2, -0.15) is 0 Å². The molecule has 0 aliphatic heterocycles. The average Bonchev–Trinajstić information content (AvgIpc) is 2.03. The second-order valence-electron chi connectivity index (χ2n) is 1.98. The van der Waals surface area contributed by atoms with Crippen molar-refractivity contribution in [1.29, 1.82) is 0 Å². The minimum atomic E-state index is 0.248. The second-order valence-corrected chi connectivity index (χ2v) is 1.98. The van der Waals surface area contributed by atoms with Crippen molar-refractivity contribution in [2.75, 3.05) is 5.73 Å². The summed E-state index contributed by atoms with van der Waals surface area (Å²) in [5.74, 6) is 0.248. The third-order valence-corrected chi connectivity index (χ3v) is 1.20. The van der Waals surface area contributed by atoms with E-state index < -0.39 is 0 Å². The quantitative estimate of drug-likeness (QED) is 0.686. The van der Waals surface area contributed by atoms with E-state index in [-0.39, 0.29) is 5.95 Å². The van der Waals surface area contributed by atoms with Crippen LogP contribution in [0, 0.1) is 0 Å². The van der Waals surface area contributed by atoms with Crippen molar-refractivity contribution in [2.45, 2.75) is 0 Å². The molecule has 11 heavy (non-hydrogen) atoms. The van der Waals surface area contributed by atoms with E-state index in [0.717, 1.165) is 0 Å². The van der Waals surface area contributed by atoms with E-state index in [1.807, 2.05) is 0 Å². The van der Waals surface area contributed by atoms with Gasteiger partial charge in [-0.3, -0.25) is 0 Å². The highest BCUT2D eigenvalue weighted by Crippen LogP contribution is 2.04. The van der Waals surface area contributed by atoms with Gasteiger partial charge in [-0.05, 0) is 18.2 Å². The van der Waals surface area contributed by atoms with E-state index in [9.17, 15) is 0 Å². The molecule has 3 nitrogen and oxygen atoms in total. The number of aromatic nitrogens is 2. The Morgan fingerprint density at radius 1 is 1.18 bits per heavy atom. The number of nitrogens with zero attached hydrogens (tertiary/aromatic N) is 2. The van der Waals surface area contributed by atoms with Gasteiger partial charge in [-0.25, -0.2) is 9.97 Å². The molecular formula is C8H9N3. The SMILES string of the molecule is C=Cc1cc(C=C)nc(N)n1. The third kappa shape index (κ3) is 1.64. The van der Waals surface area contributed by atoms with Crippen molar-refractivity contribution in [3.05, 3.63) is 30.6 Å². The van der Waals surface area contributed by atoms with Gasteiger partial charge in [0, 0.05) is 0 Å². The molecule has 0 saturated heterocycles. The Balaban J connectivity index is 3.21. The zero-order chi connectivity index (χ0) is 8.27. The number of anilines is 1. The Morgan fingerprint density at radius 2 is 1.64 bits per heavy atom. The molecule has 1 rings (SSSR count). The predicted molar refractivity (Wildman–Crippen MR) is 46.6 cm³/mol. The Morgan fingerprint density at radius 3 is 2.00 bits per heavy atom. The zero-order valence-corrected chi connectivity index (χ0v) is 6.12. The monoisotopic (exact) mass is 147 g/mol. The van der Waals surface area contributed by atoms with E-state index in [4.69, 9.17) is 5.73 Å². The standard InChI is InChI=1S/C8H9N3/c1-3-6-5-7(4-2)11-8(9)10-6/h3-5H,1-2H2,(H2,9,10,11). The highest BCUT2D eigenvalue weighted by atomic mass is 15.0. The van der Waals surface area contributed by atoms with Gasteiger partial charge in [0.1, 0.15) is 0 Å². The Kier molecular flexibility index (Phi) is 2.01. The van der Waals surface area contributed by atoms with Crippen LogP contribution in [0.2, 0.25) is 0 Å². The molecule has 0 bridgehead atoms. The average molecular weight is 147 g/mol. The summed E-state index contributed by atoms with van der Waals surface area (Å²) in [5.41, 5.74) is 6.82. The largest absolute Gasteiger partial charge is 0.368 e. The molecule has 56 valence electrons. The van der Waals surface area contributed by atoms with Crippen LogP contribution < -0.4 is 5.73 Å². The van der Waals surface area contributed by atoms with Gasteiger partial charge >= 0.3 is 0 Å². The number of nitrogen functional groups attached to an aromatic ring is 1. The Hall–Kier alpha value is -1.64. The van der Waals surface area contributed by atoms with Gasteiger partial charge in [0.25, 0.3) is 0 Å². The number of hydrogen-bond acceptors (Lipinski definition) is 3. The van der Waals surface area contributed by atoms with Crippen LogP contribution in [0.4, 0.5) is 5.95 Å². The highest BCUT2D eigenvalue weighted by Gasteiger charge is 1.94. The van der Waals surface area contributed by atoms with Crippen LogP contribution in [0.3, 0.4) is 0 Å². The lowest BCUT2D eigenvalue weighted by Gasteiger charge is -1.96. The minimum Gasteiger partial charge on any atom is -0.368 e. The number of rotatable bonds is 2. The van der Waals surface area contributed by atoms with E-state index in [2.05, 4.69) is 23.1 Å². The van der Waals surface area contributed by atoms with Crippen molar-refractivity contribution >= 4 is 18.1 Å². The molecule has 1 aromatic heterocycles. The van der Waals surface area contributed by atoms with Crippen LogP contribution in [0.5, 0.6) is 0 Å². The summed E-state index contributed by atoms with van der Waals surface area (Å²) in [4.78, 5) is 7.80. The van der Waals surface area contributed by atoms with Crippen molar-refractivity contribution in [1.82, 2.24) is 9.97 Å². The summed E-state index contributed by atoms with van der Waals surface area (Å²) in [6.07, 6.45) is 3.23. The first kappa shape index (κ1) is 7.47. The molecule has 0 saturated carbocycles. The maximum Gasteiger partial charge on any atom is 0.221 e. The fourth-order valence-corrected chi connectivity index (χ4v) is 0.715. The fraction of sp³-hybridized carbons (Fsp3) is 0. The Labute approximate surface area is 65.3 Å². The molecule has 3 heteroatoms. The molecule has 0 atom stereocenters. The first-order chi connectivity index (χ1) is 5.26. The molecule has 0 amide bonds. The molecule has 0 unspecified atom stereocenters. The first-order valence-electron chi connectivity index (χ1n) is 3.15. The molecule has 0 radical (unpaired) electrons. The van der Waals surface area contributed by atoms with Gasteiger partial charge < -0.3 is 5.73 Å². The van der Waals surface area contributed by atoms with Crippen LogP contribution in [0.1, 0.15) is 11.4 Å². The molecule has 0 aromatic carbocycles.